The van der Waals surface area contributed by atoms with Gasteiger partial charge in [0.15, 0.2) is 9.84 Å². The molecule has 112 valence electrons. The van der Waals surface area contributed by atoms with Crippen molar-refractivity contribution in [3.8, 4) is 0 Å². The average Bonchev–Trinajstić information content (AvgIpc) is 2.26. The Bertz CT molecular complexity index is 580. The lowest BCUT2D eigenvalue weighted by Crippen LogP contribution is -2.43. The first-order valence-electron chi connectivity index (χ1n) is 6.39. The van der Waals surface area contributed by atoms with Gasteiger partial charge in [0, 0.05) is 18.5 Å². The summed E-state index contributed by atoms with van der Waals surface area (Å²) in [6.45, 7) is 5.52. The minimum atomic E-state index is -3.16. The van der Waals surface area contributed by atoms with Crippen LogP contribution in [0.4, 0.5) is 5.69 Å². The molecule has 0 saturated carbocycles. The van der Waals surface area contributed by atoms with Crippen molar-refractivity contribution in [2.24, 2.45) is 0 Å². The minimum Gasteiger partial charge on any atom is -0.325 e. The molecule has 0 aliphatic heterocycles. The highest BCUT2D eigenvalue weighted by atomic mass is 32.2. The Kier molecular flexibility index (Phi) is 5.30. The number of rotatable bonds is 6. The molecule has 6 heteroatoms. The monoisotopic (exact) mass is 298 g/mol. The van der Waals surface area contributed by atoms with Crippen LogP contribution >= 0.6 is 0 Å². The number of hydrogen-bond acceptors (Lipinski definition) is 4. The van der Waals surface area contributed by atoms with Gasteiger partial charge in [-0.2, -0.15) is 0 Å². The second kappa shape index (κ2) is 6.37. The molecule has 0 heterocycles. The lowest BCUT2D eigenvalue weighted by Gasteiger charge is -2.22. The van der Waals surface area contributed by atoms with Gasteiger partial charge in [0.25, 0.3) is 0 Å². The molecule has 1 aromatic carbocycles. The molecule has 0 spiro atoms. The first-order chi connectivity index (χ1) is 9.12. The van der Waals surface area contributed by atoms with Crippen LogP contribution in [-0.4, -0.2) is 38.4 Å². The molecule has 0 aromatic heterocycles. The van der Waals surface area contributed by atoms with E-state index in [2.05, 4.69) is 10.6 Å². The third kappa shape index (κ3) is 4.94. The molecule has 0 aliphatic carbocycles. The predicted octanol–water partition coefficient (Wildman–Crippen LogP) is 1.35. The van der Waals surface area contributed by atoms with E-state index in [-0.39, 0.29) is 19.0 Å². The van der Waals surface area contributed by atoms with E-state index in [1.165, 1.54) is 6.26 Å². The molecule has 0 unspecified atom stereocenters. The van der Waals surface area contributed by atoms with Crippen LogP contribution in [-0.2, 0) is 14.6 Å². The van der Waals surface area contributed by atoms with Crippen molar-refractivity contribution in [2.45, 2.75) is 25.5 Å². The third-order valence-electron chi connectivity index (χ3n) is 3.14. The summed E-state index contributed by atoms with van der Waals surface area (Å²) in [5.74, 6) is -0.195. The molecule has 1 amide bonds. The third-order valence-corrected chi connectivity index (χ3v) is 5.29. The highest BCUT2D eigenvalue weighted by Gasteiger charge is 2.29. The smallest absolute Gasteiger partial charge is 0.238 e. The number of anilines is 1. The summed E-state index contributed by atoms with van der Waals surface area (Å²) in [6, 6.07) is 7.50. The second-order valence-corrected chi connectivity index (χ2v) is 8.20. The fraction of sp³-hybridized carbons (Fsp3) is 0.500. The Morgan fingerprint density at radius 3 is 2.50 bits per heavy atom. The molecule has 2 N–H and O–H groups in total. The van der Waals surface area contributed by atoms with E-state index in [0.717, 1.165) is 11.3 Å². The van der Waals surface area contributed by atoms with Crippen LogP contribution in [0.5, 0.6) is 0 Å². The molecular weight excluding hydrogens is 276 g/mol. The molecule has 1 aromatic rings. The Labute approximate surface area is 120 Å². The highest BCUT2D eigenvalue weighted by molar-refractivity contribution is 7.92. The molecular formula is C14H22N2O3S. The number of hydrogen-bond donors (Lipinski definition) is 2. The van der Waals surface area contributed by atoms with Crippen molar-refractivity contribution in [3.63, 3.8) is 0 Å². The second-order valence-electron chi connectivity index (χ2n) is 5.55. The van der Waals surface area contributed by atoms with Crippen LogP contribution in [0.15, 0.2) is 24.3 Å². The van der Waals surface area contributed by atoms with Crippen molar-refractivity contribution >= 4 is 21.4 Å². The van der Waals surface area contributed by atoms with Gasteiger partial charge in [-0.1, -0.05) is 12.1 Å². The summed E-state index contributed by atoms with van der Waals surface area (Å²) in [6.07, 6.45) is 1.20. The molecule has 0 atom stereocenters. The van der Waals surface area contributed by atoms with Crippen LogP contribution in [0.1, 0.15) is 19.4 Å². The molecule has 0 aliphatic rings. The number of carbonyl (C=O) groups excluding carboxylic acids is 1. The van der Waals surface area contributed by atoms with Crippen molar-refractivity contribution in [1.82, 2.24) is 5.32 Å². The largest absolute Gasteiger partial charge is 0.325 e. The lowest BCUT2D eigenvalue weighted by atomic mass is 10.2. The Morgan fingerprint density at radius 2 is 1.95 bits per heavy atom. The first kappa shape index (κ1) is 16.7. The van der Waals surface area contributed by atoms with Gasteiger partial charge in [0.05, 0.1) is 11.3 Å². The molecule has 20 heavy (non-hydrogen) atoms. The van der Waals surface area contributed by atoms with E-state index in [0.29, 0.717) is 0 Å². The van der Waals surface area contributed by atoms with Gasteiger partial charge in [0.1, 0.15) is 0 Å². The van der Waals surface area contributed by atoms with Crippen molar-refractivity contribution in [3.05, 3.63) is 29.8 Å². The van der Waals surface area contributed by atoms with Gasteiger partial charge >= 0.3 is 0 Å². The summed E-state index contributed by atoms with van der Waals surface area (Å²) in [5, 5.41) is 5.63. The quantitative estimate of drug-likeness (QED) is 0.831. The fourth-order valence-electron chi connectivity index (χ4n) is 1.54. The number of carbonyl (C=O) groups is 1. The van der Waals surface area contributed by atoms with E-state index < -0.39 is 14.6 Å². The summed E-state index contributed by atoms with van der Waals surface area (Å²) < 4.78 is 22.1. The van der Waals surface area contributed by atoms with E-state index in [1.807, 2.05) is 31.2 Å². The Morgan fingerprint density at radius 1 is 1.30 bits per heavy atom. The Balaban J connectivity index is 2.45. The minimum absolute atomic E-state index is 0.0763. The normalized spacial score (nSPS) is 12.2. The van der Waals surface area contributed by atoms with E-state index in [9.17, 15) is 13.2 Å². The molecule has 5 nitrogen and oxygen atoms in total. The number of amides is 1. The zero-order valence-electron chi connectivity index (χ0n) is 12.4. The standard InChI is InChI=1S/C14H22N2O3S/c1-11-6-5-7-12(8-11)16-13(17)9-15-10-14(2,3)20(4,18)19/h5-8,15H,9-10H2,1-4H3,(H,16,17). The maximum absolute atomic E-state index is 11.7. The van der Waals surface area contributed by atoms with Crippen molar-refractivity contribution in [1.29, 1.82) is 0 Å². The number of sulfone groups is 1. The van der Waals surface area contributed by atoms with Gasteiger partial charge in [-0.05, 0) is 38.5 Å². The molecule has 0 saturated heterocycles. The number of nitrogens with one attached hydrogen (secondary N) is 2. The van der Waals surface area contributed by atoms with Gasteiger partial charge in [-0.15, -0.1) is 0 Å². The first-order valence-corrected chi connectivity index (χ1v) is 8.28. The summed E-state index contributed by atoms with van der Waals surface area (Å²) in [5.41, 5.74) is 1.80. The lowest BCUT2D eigenvalue weighted by molar-refractivity contribution is -0.115. The van der Waals surface area contributed by atoms with Gasteiger partial charge in [0.2, 0.25) is 5.91 Å². The van der Waals surface area contributed by atoms with E-state index in [1.54, 1.807) is 13.8 Å². The van der Waals surface area contributed by atoms with Gasteiger partial charge < -0.3 is 10.6 Å². The maximum atomic E-state index is 11.7. The van der Waals surface area contributed by atoms with Crippen LogP contribution in [0.3, 0.4) is 0 Å². The van der Waals surface area contributed by atoms with Crippen LogP contribution < -0.4 is 10.6 Å². The van der Waals surface area contributed by atoms with Crippen LogP contribution in [0.2, 0.25) is 0 Å². The summed E-state index contributed by atoms with van der Waals surface area (Å²) in [7, 11) is -3.16. The molecule has 1 rings (SSSR count). The molecule has 0 bridgehead atoms. The van der Waals surface area contributed by atoms with Gasteiger partial charge in [-0.3, -0.25) is 4.79 Å². The van der Waals surface area contributed by atoms with E-state index >= 15 is 0 Å². The van der Waals surface area contributed by atoms with Crippen LogP contribution in [0, 0.1) is 6.92 Å². The molecule has 0 fully saturated rings. The average molecular weight is 298 g/mol. The molecule has 0 radical (unpaired) electrons. The number of aryl methyl sites for hydroxylation is 1. The van der Waals surface area contributed by atoms with E-state index in [4.69, 9.17) is 0 Å². The number of benzene rings is 1. The predicted molar refractivity (Wildman–Crippen MR) is 81.6 cm³/mol. The SMILES string of the molecule is Cc1cccc(NC(=O)CNCC(C)(C)S(C)(=O)=O)c1. The highest BCUT2D eigenvalue weighted by Crippen LogP contribution is 2.13. The van der Waals surface area contributed by atoms with Gasteiger partial charge in [-0.25, -0.2) is 8.42 Å². The topological polar surface area (TPSA) is 75.3 Å². The van der Waals surface area contributed by atoms with Crippen molar-refractivity contribution in [2.75, 3.05) is 24.7 Å². The Hall–Kier alpha value is -1.40. The zero-order chi connectivity index (χ0) is 15.4. The zero-order valence-corrected chi connectivity index (χ0v) is 13.2. The van der Waals surface area contributed by atoms with Crippen LogP contribution in [0.25, 0.3) is 0 Å². The summed E-state index contributed by atoms with van der Waals surface area (Å²) in [4.78, 5) is 11.7. The fourth-order valence-corrected chi connectivity index (χ4v) is 1.90. The maximum Gasteiger partial charge on any atom is 0.238 e. The van der Waals surface area contributed by atoms with Crippen molar-refractivity contribution < 1.29 is 13.2 Å². The summed E-state index contributed by atoms with van der Waals surface area (Å²) >= 11 is 0.